The quantitative estimate of drug-likeness (QED) is 0.314. The van der Waals surface area contributed by atoms with Crippen LogP contribution in [0.25, 0.3) is 11.0 Å². The minimum atomic E-state index is -4.92. The molecular weight excluding hydrogens is 551 g/mol. The Bertz CT molecular complexity index is 1700. The van der Waals surface area contributed by atoms with Crippen molar-refractivity contribution in [3.05, 3.63) is 86.9 Å². The molecule has 0 radical (unpaired) electrons. The van der Waals surface area contributed by atoms with Gasteiger partial charge in [0.2, 0.25) is 5.91 Å². The third kappa shape index (κ3) is 4.85. The van der Waals surface area contributed by atoms with Gasteiger partial charge in [0.15, 0.2) is 0 Å². The van der Waals surface area contributed by atoms with Crippen LogP contribution in [0.3, 0.4) is 0 Å². The van der Waals surface area contributed by atoms with Crippen molar-refractivity contribution < 1.29 is 36.3 Å². The molecule has 9 nitrogen and oxygen atoms in total. The number of aromatic nitrogens is 3. The number of alkyl halides is 3. The van der Waals surface area contributed by atoms with Gasteiger partial charge in [-0.05, 0) is 42.5 Å². The van der Waals surface area contributed by atoms with Crippen LogP contribution in [0.15, 0.2) is 42.5 Å². The predicted octanol–water partition coefficient (Wildman–Crippen LogP) is 4.56. The minimum absolute atomic E-state index is 0.00520. The van der Waals surface area contributed by atoms with Crippen molar-refractivity contribution in [2.45, 2.75) is 19.1 Å². The number of fused-ring (bicyclic) bond motifs is 3. The SMILES string of the molecule is CC(=O)Nn1nc2cc(NC(=O)c3cc(F)cc(C(F)(F)F)c3)c3c(c2n1)C(=O)NC3c1cc(F)ccc1Cl. The van der Waals surface area contributed by atoms with Crippen molar-refractivity contribution in [2.75, 3.05) is 10.7 Å². The zero-order valence-electron chi connectivity index (χ0n) is 19.5. The van der Waals surface area contributed by atoms with E-state index in [2.05, 4.69) is 26.3 Å². The lowest BCUT2D eigenvalue weighted by molar-refractivity contribution is -0.137. The molecule has 0 bridgehead atoms. The van der Waals surface area contributed by atoms with E-state index in [4.69, 9.17) is 11.6 Å². The summed E-state index contributed by atoms with van der Waals surface area (Å²) >= 11 is 6.27. The van der Waals surface area contributed by atoms with E-state index >= 15 is 0 Å². The second-order valence-corrected chi connectivity index (χ2v) is 8.90. The Labute approximate surface area is 219 Å². The first kappa shape index (κ1) is 26.0. The molecule has 1 atom stereocenters. The van der Waals surface area contributed by atoms with Crippen LogP contribution in [0.5, 0.6) is 0 Å². The fraction of sp³-hybridized carbons (Fsp3) is 0.125. The first-order chi connectivity index (χ1) is 18.3. The highest BCUT2D eigenvalue weighted by molar-refractivity contribution is 6.31. The van der Waals surface area contributed by atoms with Gasteiger partial charge >= 0.3 is 6.18 Å². The van der Waals surface area contributed by atoms with Crippen molar-refractivity contribution >= 4 is 46.0 Å². The minimum Gasteiger partial charge on any atom is -0.341 e. The van der Waals surface area contributed by atoms with Gasteiger partial charge in [0, 0.05) is 34.3 Å². The average Bonchev–Trinajstić information content (AvgIpc) is 3.39. The number of rotatable bonds is 4. The maximum Gasteiger partial charge on any atom is 0.416 e. The molecule has 1 unspecified atom stereocenters. The number of amides is 3. The summed E-state index contributed by atoms with van der Waals surface area (Å²) in [6.45, 7) is 1.19. The summed E-state index contributed by atoms with van der Waals surface area (Å²) in [5.74, 6) is -4.37. The Balaban J connectivity index is 1.68. The monoisotopic (exact) mass is 564 g/mol. The molecule has 1 aliphatic rings. The molecule has 2 heterocycles. The molecule has 39 heavy (non-hydrogen) atoms. The lowest BCUT2D eigenvalue weighted by Crippen LogP contribution is -2.22. The van der Waals surface area contributed by atoms with Crippen LogP contribution >= 0.6 is 11.6 Å². The number of anilines is 1. The molecular formula is C24H14ClF5N6O3. The number of nitrogens with one attached hydrogen (secondary N) is 3. The zero-order chi connectivity index (χ0) is 28.2. The van der Waals surface area contributed by atoms with Gasteiger partial charge in [-0.3, -0.25) is 14.4 Å². The van der Waals surface area contributed by atoms with Crippen molar-refractivity contribution in [1.29, 1.82) is 0 Å². The van der Waals surface area contributed by atoms with Crippen LogP contribution in [0, 0.1) is 11.6 Å². The van der Waals surface area contributed by atoms with Gasteiger partial charge in [0.1, 0.15) is 22.7 Å². The Morgan fingerprint density at radius 3 is 2.49 bits per heavy atom. The summed E-state index contributed by atoms with van der Waals surface area (Å²) in [4.78, 5) is 38.4. The summed E-state index contributed by atoms with van der Waals surface area (Å²) in [5.41, 5.74) is 0.178. The summed E-state index contributed by atoms with van der Waals surface area (Å²) in [6, 6.07) is 4.86. The smallest absolute Gasteiger partial charge is 0.341 e. The Kier molecular flexibility index (Phi) is 6.21. The Morgan fingerprint density at radius 1 is 1.05 bits per heavy atom. The third-order valence-corrected chi connectivity index (χ3v) is 6.11. The zero-order valence-corrected chi connectivity index (χ0v) is 20.2. The average molecular weight is 565 g/mol. The van der Waals surface area contributed by atoms with Gasteiger partial charge < -0.3 is 10.6 Å². The van der Waals surface area contributed by atoms with Crippen LogP contribution in [0.4, 0.5) is 27.6 Å². The molecule has 3 aromatic carbocycles. The molecule has 0 fully saturated rings. The topological polar surface area (TPSA) is 118 Å². The molecule has 4 aromatic rings. The molecule has 0 spiro atoms. The first-order valence-electron chi connectivity index (χ1n) is 11.0. The molecule has 3 amide bonds. The van der Waals surface area contributed by atoms with E-state index in [1.165, 1.54) is 19.1 Å². The molecule has 1 aliphatic heterocycles. The molecule has 0 saturated heterocycles. The lowest BCUT2D eigenvalue weighted by Gasteiger charge is -2.18. The number of carbonyl (C=O) groups is 3. The molecule has 1 aromatic heterocycles. The Hall–Kier alpha value is -4.59. The molecule has 3 N–H and O–H groups in total. The fourth-order valence-electron chi connectivity index (χ4n) is 4.22. The highest BCUT2D eigenvalue weighted by Gasteiger charge is 2.38. The van der Waals surface area contributed by atoms with E-state index in [9.17, 15) is 36.3 Å². The van der Waals surface area contributed by atoms with Crippen molar-refractivity contribution in [3.63, 3.8) is 0 Å². The largest absolute Gasteiger partial charge is 0.416 e. The number of nitrogens with zero attached hydrogens (tertiary/aromatic N) is 3. The Morgan fingerprint density at radius 2 is 1.79 bits per heavy atom. The summed E-state index contributed by atoms with van der Waals surface area (Å²) in [5, 5.41) is 13.2. The van der Waals surface area contributed by atoms with Gasteiger partial charge in [-0.2, -0.15) is 13.2 Å². The number of hydrogen-bond donors (Lipinski definition) is 3. The molecule has 15 heteroatoms. The first-order valence-corrected chi connectivity index (χ1v) is 11.4. The van der Waals surface area contributed by atoms with E-state index in [-0.39, 0.29) is 44.5 Å². The van der Waals surface area contributed by atoms with Crippen molar-refractivity contribution in [3.8, 4) is 0 Å². The predicted molar refractivity (Wildman–Crippen MR) is 128 cm³/mol. The van der Waals surface area contributed by atoms with Gasteiger partial charge in [-0.15, -0.1) is 10.2 Å². The van der Waals surface area contributed by atoms with Gasteiger partial charge in [-0.1, -0.05) is 16.5 Å². The van der Waals surface area contributed by atoms with Crippen molar-refractivity contribution in [1.82, 2.24) is 20.4 Å². The number of benzene rings is 3. The maximum absolute atomic E-state index is 14.1. The summed E-state index contributed by atoms with van der Waals surface area (Å²) in [6.07, 6.45) is -4.92. The highest BCUT2D eigenvalue weighted by Crippen LogP contribution is 2.42. The van der Waals surface area contributed by atoms with E-state index in [1.807, 2.05) is 0 Å². The molecule has 200 valence electrons. The number of carbonyl (C=O) groups excluding carboxylic acids is 3. The van der Waals surface area contributed by atoms with Gasteiger partial charge in [0.25, 0.3) is 11.8 Å². The number of halogens is 6. The fourth-order valence-corrected chi connectivity index (χ4v) is 4.44. The summed E-state index contributed by atoms with van der Waals surface area (Å²) < 4.78 is 67.7. The van der Waals surface area contributed by atoms with E-state index in [1.54, 1.807) is 0 Å². The van der Waals surface area contributed by atoms with E-state index in [0.29, 0.717) is 12.1 Å². The normalized spacial score (nSPS) is 14.7. The second-order valence-electron chi connectivity index (χ2n) is 8.49. The number of hydrogen-bond acceptors (Lipinski definition) is 5. The van der Waals surface area contributed by atoms with Crippen molar-refractivity contribution in [2.24, 2.45) is 0 Å². The van der Waals surface area contributed by atoms with Gasteiger partial charge in [-0.25, -0.2) is 14.2 Å². The summed E-state index contributed by atoms with van der Waals surface area (Å²) in [7, 11) is 0. The van der Waals surface area contributed by atoms with Crippen LogP contribution in [0.1, 0.15) is 50.4 Å². The molecule has 0 saturated carbocycles. The lowest BCUT2D eigenvalue weighted by atomic mass is 9.95. The van der Waals surface area contributed by atoms with E-state index in [0.717, 1.165) is 17.0 Å². The maximum atomic E-state index is 14.1. The van der Waals surface area contributed by atoms with Crippen LogP contribution in [-0.2, 0) is 11.0 Å². The highest BCUT2D eigenvalue weighted by atomic mass is 35.5. The standard InChI is InChI=1S/C24H14ClF5N6O3/c1-9(37)33-36-34-17-8-16(31-22(38)10-4-11(24(28,29)30)6-13(27)5-10)18-19(21(17)35-36)23(39)32-20(18)14-7-12(26)2-3-15(14)25/h2-8,20H,1H3,(H,31,38)(H,32,39)(H,33,37). The van der Waals surface area contributed by atoms with E-state index < -0.39 is 52.7 Å². The van der Waals surface area contributed by atoms with Crippen LogP contribution < -0.4 is 16.1 Å². The second kappa shape index (κ2) is 9.31. The molecule has 5 rings (SSSR count). The van der Waals surface area contributed by atoms with Crippen LogP contribution in [0.2, 0.25) is 5.02 Å². The molecule has 0 aliphatic carbocycles. The van der Waals surface area contributed by atoms with Gasteiger partial charge in [0.05, 0.1) is 17.2 Å². The third-order valence-electron chi connectivity index (χ3n) is 5.77. The van der Waals surface area contributed by atoms with Crippen LogP contribution in [-0.4, -0.2) is 32.8 Å².